The Morgan fingerprint density at radius 2 is 1.84 bits per heavy atom. The molecule has 0 amide bonds. The van der Waals surface area contributed by atoms with E-state index in [1.807, 2.05) is 25.2 Å². The Morgan fingerprint density at radius 3 is 2.47 bits per heavy atom. The van der Waals surface area contributed by atoms with Crippen LogP contribution >= 0.6 is 0 Å². The molecule has 1 aromatic carbocycles. The van der Waals surface area contributed by atoms with Crippen LogP contribution in [0.15, 0.2) is 54.0 Å². The zero-order chi connectivity index (χ0) is 14.1. The summed E-state index contributed by atoms with van der Waals surface area (Å²) < 4.78 is 26.4. The Balaban J connectivity index is 2.43. The van der Waals surface area contributed by atoms with Gasteiger partial charge in [0.15, 0.2) is 0 Å². The number of sulfonamides is 1. The number of aryl methyl sites for hydroxylation is 1. The van der Waals surface area contributed by atoms with Crippen LogP contribution < -0.4 is 4.72 Å². The summed E-state index contributed by atoms with van der Waals surface area (Å²) in [5.74, 6) is 0. The first kappa shape index (κ1) is 15.7. The Bertz CT molecular complexity index is 516. The maximum absolute atomic E-state index is 11.9. The summed E-state index contributed by atoms with van der Waals surface area (Å²) in [5.41, 5.74) is 1.04. The van der Waals surface area contributed by atoms with Crippen LogP contribution in [-0.4, -0.2) is 15.0 Å². The summed E-state index contributed by atoms with van der Waals surface area (Å²) in [6, 6.07) is 6.82. The predicted octanol–water partition coefficient (Wildman–Crippen LogP) is 3.19. The lowest BCUT2D eigenvalue weighted by Gasteiger charge is -2.04. The minimum Gasteiger partial charge on any atom is -0.207 e. The third kappa shape index (κ3) is 5.85. The van der Waals surface area contributed by atoms with Crippen LogP contribution in [0, 0.1) is 6.92 Å². The molecule has 0 unspecified atom stereocenters. The van der Waals surface area contributed by atoms with Gasteiger partial charge in [-0.2, -0.15) is 0 Å². The van der Waals surface area contributed by atoms with Crippen LogP contribution in [0.4, 0.5) is 0 Å². The molecule has 0 radical (unpaired) electrons. The standard InChI is InChI=1S/C15H21NO2S/c1-3-4-5-6-7-8-13-16-19(17,18)15-11-9-14(2)10-12-15/h3,7-12,16H,1,4-6,13H2,2H3. The van der Waals surface area contributed by atoms with Gasteiger partial charge in [0.1, 0.15) is 0 Å². The molecule has 0 heterocycles. The maximum Gasteiger partial charge on any atom is 0.240 e. The molecule has 19 heavy (non-hydrogen) atoms. The number of nitrogens with one attached hydrogen (secondary N) is 1. The van der Waals surface area contributed by atoms with E-state index in [9.17, 15) is 8.42 Å². The fourth-order valence-corrected chi connectivity index (χ4v) is 2.52. The first-order valence-electron chi connectivity index (χ1n) is 6.38. The van der Waals surface area contributed by atoms with Crippen LogP contribution in [0.1, 0.15) is 24.8 Å². The molecule has 3 nitrogen and oxygen atoms in total. The van der Waals surface area contributed by atoms with Crippen molar-refractivity contribution in [1.82, 2.24) is 4.72 Å². The largest absolute Gasteiger partial charge is 0.240 e. The minimum atomic E-state index is -3.39. The van der Waals surface area contributed by atoms with Gasteiger partial charge in [-0.3, -0.25) is 0 Å². The molecule has 0 aromatic heterocycles. The number of benzene rings is 1. The second-order valence-corrected chi connectivity index (χ2v) is 6.12. The Morgan fingerprint density at radius 1 is 1.16 bits per heavy atom. The average molecular weight is 279 g/mol. The summed E-state index contributed by atoms with van der Waals surface area (Å²) in [6.07, 6.45) is 8.69. The van der Waals surface area contributed by atoms with E-state index in [2.05, 4.69) is 11.3 Å². The molecule has 0 fully saturated rings. The van der Waals surface area contributed by atoms with Crippen LogP contribution in [-0.2, 0) is 10.0 Å². The number of hydrogen-bond donors (Lipinski definition) is 1. The normalized spacial score (nSPS) is 11.8. The Hall–Kier alpha value is -1.39. The molecular weight excluding hydrogens is 258 g/mol. The van der Waals surface area contributed by atoms with Gasteiger partial charge >= 0.3 is 0 Å². The van der Waals surface area contributed by atoms with Gasteiger partial charge in [-0.05, 0) is 38.3 Å². The molecule has 1 N–H and O–H groups in total. The van der Waals surface area contributed by atoms with E-state index in [1.165, 1.54) is 0 Å². The van der Waals surface area contributed by atoms with Crippen molar-refractivity contribution < 1.29 is 8.42 Å². The van der Waals surface area contributed by atoms with Crippen molar-refractivity contribution in [2.45, 2.75) is 31.1 Å². The molecule has 1 aromatic rings. The van der Waals surface area contributed by atoms with Gasteiger partial charge in [0.25, 0.3) is 0 Å². The maximum atomic E-state index is 11.9. The van der Waals surface area contributed by atoms with Crippen molar-refractivity contribution in [3.05, 3.63) is 54.6 Å². The van der Waals surface area contributed by atoms with Gasteiger partial charge in [0.2, 0.25) is 10.0 Å². The molecule has 0 saturated heterocycles. The van der Waals surface area contributed by atoms with E-state index < -0.39 is 10.0 Å². The molecule has 4 heteroatoms. The van der Waals surface area contributed by atoms with E-state index in [0.717, 1.165) is 24.8 Å². The monoisotopic (exact) mass is 279 g/mol. The number of unbranched alkanes of at least 4 members (excludes halogenated alkanes) is 2. The highest BCUT2D eigenvalue weighted by Gasteiger charge is 2.11. The second-order valence-electron chi connectivity index (χ2n) is 4.36. The molecule has 0 bridgehead atoms. The summed E-state index contributed by atoms with van der Waals surface area (Å²) in [5, 5.41) is 0. The Labute approximate surface area is 116 Å². The highest BCUT2D eigenvalue weighted by Crippen LogP contribution is 2.09. The smallest absolute Gasteiger partial charge is 0.207 e. The zero-order valence-electron chi connectivity index (χ0n) is 11.3. The first-order chi connectivity index (χ1) is 9.06. The number of hydrogen-bond acceptors (Lipinski definition) is 2. The van der Waals surface area contributed by atoms with Crippen molar-refractivity contribution in [1.29, 1.82) is 0 Å². The van der Waals surface area contributed by atoms with Crippen molar-refractivity contribution in [3.63, 3.8) is 0 Å². The number of allylic oxidation sites excluding steroid dienone is 2. The van der Waals surface area contributed by atoms with Gasteiger partial charge < -0.3 is 0 Å². The summed E-state index contributed by atoms with van der Waals surface area (Å²) >= 11 is 0. The lowest BCUT2D eigenvalue weighted by atomic mass is 10.2. The SMILES string of the molecule is C=CCCCC=CCNS(=O)(=O)c1ccc(C)cc1. The quantitative estimate of drug-likeness (QED) is 0.587. The van der Waals surface area contributed by atoms with Crippen LogP contribution in [0.5, 0.6) is 0 Å². The lowest BCUT2D eigenvalue weighted by molar-refractivity contribution is 0.585. The second kappa shape index (κ2) is 7.92. The highest BCUT2D eigenvalue weighted by atomic mass is 32.2. The molecular formula is C15H21NO2S. The van der Waals surface area contributed by atoms with E-state index >= 15 is 0 Å². The summed E-state index contributed by atoms with van der Waals surface area (Å²) in [7, 11) is -3.39. The Kier molecular flexibility index (Phi) is 6.53. The summed E-state index contributed by atoms with van der Waals surface area (Å²) in [6.45, 7) is 5.90. The van der Waals surface area contributed by atoms with Crippen molar-refractivity contribution in [2.24, 2.45) is 0 Å². The molecule has 1 rings (SSSR count). The molecule has 0 aliphatic carbocycles. The van der Waals surface area contributed by atoms with Crippen molar-refractivity contribution >= 4 is 10.0 Å². The summed E-state index contributed by atoms with van der Waals surface area (Å²) in [4.78, 5) is 0.304. The predicted molar refractivity (Wildman–Crippen MR) is 79.6 cm³/mol. The average Bonchev–Trinajstić information content (AvgIpc) is 2.38. The minimum absolute atomic E-state index is 0.304. The van der Waals surface area contributed by atoms with Gasteiger partial charge in [-0.15, -0.1) is 6.58 Å². The van der Waals surface area contributed by atoms with Gasteiger partial charge in [0, 0.05) is 6.54 Å². The van der Waals surface area contributed by atoms with E-state index in [4.69, 9.17) is 0 Å². The van der Waals surface area contributed by atoms with Crippen molar-refractivity contribution in [2.75, 3.05) is 6.54 Å². The molecule has 0 aliphatic rings. The zero-order valence-corrected chi connectivity index (χ0v) is 12.1. The number of rotatable bonds is 8. The molecule has 0 spiro atoms. The molecule has 0 saturated carbocycles. The third-order valence-corrected chi connectivity index (χ3v) is 4.11. The topological polar surface area (TPSA) is 46.2 Å². The molecule has 104 valence electrons. The van der Waals surface area contributed by atoms with Crippen LogP contribution in [0.25, 0.3) is 0 Å². The van der Waals surface area contributed by atoms with Gasteiger partial charge in [-0.25, -0.2) is 13.1 Å². The van der Waals surface area contributed by atoms with Gasteiger partial charge in [-0.1, -0.05) is 35.9 Å². The van der Waals surface area contributed by atoms with Gasteiger partial charge in [0.05, 0.1) is 4.90 Å². The fraction of sp³-hybridized carbons (Fsp3) is 0.333. The molecule has 0 aliphatic heterocycles. The third-order valence-electron chi connectivity index (χ3n) is 2.67. The molecule has 0 atom stereocenters. The lowest BCUT2D eigenvalue weighted by Crippen LogP contribution is -2.23. The van der Waals surface area contributed by atoms with E-state index in [0.29, 0.717) is 11.4 Å². The fourth-order valence-electron chi connectivity index (χ4n) is 1.54. The van der Waals surface area contributed by atoms with Crippen LogP contribution in [0.2, 0.25) is 0 Å². The van der Waals surface area contributed by atoms with Crippen molar-refractivity contribution in [3.8, 4) is 0 Å². The van der Waals surface area contributed by atoms with E-state index in [-0.39, 0.29) is 0 Å². The van der Waals surface area contributed by atoms with Crippen LogP contribution in [0.3, 0.4) is 0 Å². The van der Waals surface area contributed by atoms with E-state index in [1.54, 1.807) is 24.3 Å². The highest BCUT2D eigenvalue weighted by molar-refractivity contribution is 7.89. The first-order valence-corrected chi connectivity index (χ1v) is 7.87.